The average molecular weight is 285 g/mol. The van der Waals surface area contributed by atoms with Crippen LogP contribution in [0.25, 0.3) is 10.9 Å². The van der Waals surface area contributed by atoms with Crippen molar-refractivity contribution in [3.05, 3.63) is 30.0 Å². The Morgan fingerprint density at radius 1 is 1.19 bits per heavy atom. The molecular weight excluding hydrogens is 266 g/mol. The molecule has 5 nitrogen and oxygen atoms in total. The predicted molar refractivity (Wildman–Crippen MR) is 82.8 cm³/mol. The summed E-state index contributed by atoms with van der Waals surface area (Å²) in [5.74, 6) is 0.136. The maximum Gasteiger partial charge on any atom is 0.219 e. The van der Waals surface area contributed by atoms with E-state index in [0.29, 0.717) is 0 Å². The second kappa shape index (κ2) is 5.24. The molecule has 1 aliphatic heterocycles. The quantitative estimate of drug-likeness (QED) is 0.788. The van der Waals surface area contributed by atoms with E-state index in [1.54, 1.807) is 6.92 Å². The fourth-order valence-electron chi connectivity index (χ4n) is 2.98. The number of amides is 1. The van der Waals surface area contributed by atoms with Gasteiger partial charge in [0.15, 0.2) is 6.29 Å². The van der Waals surface area contributed by atoms with Crippen molar-refractivity contribution in [1.29, 1.82) is 0 Å². The van der Waals surface area contributed by atoms with E-state index in [1.807, 2.05) is 22.7 Å². The molecule has 0 radical (unpaired) electrons. The molecule has 3 rings (SSSR count). The number of carbonyl (C=O) groups excluding carboxylic acids is 2. The van der Waals surface area contributed by atoms with Crippen molar-refractivity contribution < 1.29 is 9.59 Å². The van der Waals surface area contributed by atoms with E-state index in [2.05, 4.69) is 23.1 Å². The number of aryl methyl sites for hydroxylation is 1. The molecule has 0 saturated carbocycles. The largest absolute Gasteiger partial charge is 0.368 e. The first-order chi connectivity index (χ1) is 10.1. The van der Waals surface area contributed by atoms with E-state index < -0.39 is 0 Å². The minimum atomic E-state index is 0.136. The van der Waals surface area contributed by atoms with Crippen molar-refractivity contribution in [3.8, 4) is 0 Å². The molecule has 2 aromatic rings. The summed E-state index contributed by atoms with van der Waals surface area (Å²) < 4.78 is 1.97. The van der Waals surface area contributed by atoms with Gasteiger partial charge in [0.2, 0.25) is 5.91 Å². The number of fused-ring (bicyclic) bond motifs is 1. The molecule has 0 atom stereocenters. The molecule has 1 amide bonds. The molecule has 1 aliphatic rings. The van der Waals surface area contributed by atoms with Gasteiger partial charge in [0, 0.05) is 68.5 Å². The Morgan fingerprint density at radius 3 is 2.52 bits per heavy atom. The summed E-state index contributed by atoms with van der Waals surface area (Å²) in [5, 5.41) is 0.985. The number of hydrogen-bond donors (Lipinski definition) is 0. The number of hydrogen-bond acceptors (Lipinski definition) is 3. The Morgan fingerprint density at radius 2 is 1.90 bits per heavy atom. The summed E-state index contributed by atoms with van der Waals surface area (Å²) in [4.78, 5) is 26.7. The molecule has 0 spiro atoms. The van der Waals surface area contributed by atoms with Crippen molar-refractivity contribution >= 4 is 28.8 Å². The fourth-order valence-corrected chi connectivity index (χ4v) is 2.98. The lowest BCUT2D eigenvalue weighted by Crippen LogP contribution is -2.48. The van der Waals surface area contributed by atoms with Crippen LogP contribution in [-0.2, 0) is 11.8 Å². The van der Waals surface area contributed by atoms with Gasteiger partial charge in [0.25, 0.3) is 0 Å². The Hall–Kier alpha value is -2.30. The van der Waals surface area contributed by atoms with Crippen molar-refractivity contribution in [2.45, 2.75) is 6.92 Å². The first kappa shape index (κ1) is 13.7. The van der Waals surface area contributed by atoms with Crippen molar-refractivity contribution in [2.24, 2.45) is 7.05 Å². The number of aromatic nitrogens is 1. The lowest BCUT2D eigenvalue weighted by Gasteiger charge is -2.35. The molecule has 1 aromatic carbocycles. The molecule has 21 heavy (non-hydrogen) atoms. The Labute approximate surface area is 123 Å². The summed E-state index contributed by atoms with van der Waals surface area (Å²) in [6.45, 7) is 4.77. The number of piperazine rings is 1. The highest BCUT2D eigenvalue weighted by molar-refractivity contribution is 5.99. The summed E-state index contributed by atoms with van der Waals surface area (Å²) in [6.07, 6.45) is 2.76. The zero-order chi connectivity index (χ0) is 15.0. The van der Waals surface area contributed by atoms with Crippen molar-refractivity contribution in [1.82, 2.24) is 9.47 Å². The molecule has 1 fully saturated rings. The number of carbonyl (C=O) groups is 2. The Balaban J connectivity index is 1.88. The van der Waals surface area contributed by atoms with Gasteiger partial charge in [-0.25, -0.2) is 0 Å². The smallest absolute Gasteiger partial charge is 0.219 e. The van der Waals surface area contributed by atoms with E-state index in [4.69, 9.17) is 0 Å². The van der Waals surface area contributed by atoms with E-state index in [-0.39, 0.29) is 5.91 Å². The van der Waals surface area contributed by atoms with Gasteiger partial charge >= 0.3 is 0 Å². The van der Waals surface area contributed by atoms with Gasteiger partial charge in [0.1, 0.15) is 0 Å². The SMILES string of the molecule is CC(=O)N1CCN(c2ccc3c(c2)c(C=O)cn3C)CC1. The van der Waals surface area contributed by atoms with Crippen LogP contribution >= 0.6 is 0 Å². The topological polar surface area (TPSA) is 45.6 Å². The van der Waals surface area contributed by atoms with Gasteiger partial charge in [-0.1, -0.05) is 0 Å². The molecule has 0 unspecified atom stereocenters. The molecule has 0 bridgehead atoms. The van der Waals surface area contributed by atoms with Gasteiger partial charge < -0.3 is 14.4 Å². The average Bonchev–Trinajstić information content (AvgIpc) is 2.83. The lowest BCUT2D eigenvalue weighted by molar-refractivity contribution is -0.129. The highest BCUT2D eigenvalue weighted by atomic mass is 16.2. The first-order valence-corrected chi connectivity index (χ1v) is 7.15. The van der Waals surface area contributed by atoms with Crippen molar-refractivity contribution in [2.75, 3.05) is 31.1 Å². The monoisotopic (exact) mass is 285 g/mol. The third-order valence-electron chi connectivity index (χ3n) is 4.22. The lowest BCUT2D eigenvalue weighted by atomic mass is 10.1. The van der Waals surface area contributed by atoms with Crippen LogP contribution in [0, 0.1) is 0 Å². The highest BCUT2D eigenvalue weighted by Crippen LogP contribution is 2.26. The fraction of sp³-hybridized carbons (Fsp3) is 0.375. The molecule has 0 N–H and O–H groups in total. The highest BCUT2D eigenvalue weighted by Gasteiger charge is 2.19. The van der Waals surface area contributed by atoms with E-state index >= 15 is 0 Å². The molecule has 1 saturated heterocycles. The van der Waals surface area contributed by atoms with Gasteiger partial charge in [-0.15, -0.1) is 0 Å². The van der Waals surface area contributed by atoms with Crippen LogP contribution in [0.15, 0.2) is 24.4 Å². The third kappa shape index (κ3) is 2.39. The van der Waals surface area contributed by atoms with Gasteiger partial charge in [-0.2, -0.15) is 0 Å². The van der Waals surface area contributed by atoms with Crippen LogP contribution in [0.2, 0.25) is 0 Å². The van der Waals surface area contributed by atoms with Crippen molar-refractivity contribution in [3.63, 3.8) is 0 Å². The van der Waals surface area contributed by atoms with Gasteiger partial charge in [-0.3, -0.25) is 9.59 Å². The first-order valence-electron chi connectivity index (χ1n) is 7.15. The second-order valence-corrected chi connectivity index (χ2v) is 5.51. The number of rotatable bonds is 2. The zero-order valence-electron chi connectivity index (χ0n) is 12.4. The molecule has 2 heterocycles. The number of nitrogens with zero attached hydrogens (tertiary/aromatic N) is 3. The molecular formula is C16H19N3O2. The van der Waals surface area contributed by atoms with Crippen LogP contribution in [0.4, 0.5) is 5.69 Å². The van der Waals surface area contributed by atoms with Crippen LogP contribution in [0.3, 0.4) is 0 Å². The molecule has 1 aromatic heterocycles. The second-order valence-electron chi connectivity index (χ2n) is 5.51. The van der Waals surface area contributed by atoms with E-state index in [9.17, 15) is 9.59 Å². The van der Waals surface area contributed by atoms with Gasteiger partial charge in [0.05, 0.1) is 0 Å². The number of anilines is 1. The summed E-state index contributed by atoms with van der Waals surface area (Å²) in [7, 11) is 1.95. The van der Waals surface area contributed by atoms with E-state index in [1.165, 1.54) is 0 Å². The van der Waals surface area contributed by atoms with E-state index in [0.717, 1.165) is 54.6 Å². The minimum Gasteiger partial charge on any atom is -0.368 e. The zero-order valence-corrected chi connectivity index (χ0v) is 12.4. The van der Waals surface area contributed by atoms with Crippen LogP contribution in [-0.4, -0.2) is 47.8 Å². The predicted octanol–water partition coefficient (Wildman–Crippen LogP) is 1.66. The van der Waals surface area contributed by atoms with Crippen LogP contribution in [0.1, 0.15) is 17.3 Å². The minimum absolute atomic E-state index is 0.136. The molecule has 110 valence electrons. The maximum atomic E-state index is 11.4. The van der Waals surface area contributed by atoms with Crippen LogP contribution in [0.5, 0.6) is 0 Å². The standard InChI is InChI=1S/C16H19N3O2/c1-12(21)18-5-7-19(8-6-18)14-3-4-16-15(9-14)13(11-20)10-17(16)2/h3-4,9-11H,5-8H2,1-2H3. The van der Waals surface area contributed by atoms with Crippen LogP contribution < -0.4 is 4.90 Å². The third-order valence-corrected chi connectivity index (χ3v) is 4.22. The summed E-state index contributed by atoms with van der Waals surface area (Å²) >= 11 is 0. The Kier molecular flexibility index (Phi) is 3.41. The normalized spacial score (nSPS) is 15.5. The Bertz CT molecular complexity index is 697. The molecule has 0 aliphatic carbocycles. The maximum absolute atomic E-state index is 11.4. The summed E-state index contributed by atoms with van der Waals surface area (Å²) in [6, 6.07) is 6.21. The summed E-state index contributed by atoms with van der Waals surface area (Å²) in [5.41, 5.74) is 2.89. The van der Waals surface area contributed by atoms with Gasteiger partial charge in [-0.05, 0) is 18.2 Å². The molecule has 5 heteroatoms. The number of aldehydes is 1. The number of benzene rings is 1.